The fourth-order valence-corrected chi connectivity index (χ4v) is 2.48. The molecule has 1 aromatic heterocycles. The van der Waals surface area contributed by atoms with E-state index in [9.17, 15) is 28.0 Å². The number of benzene rings is 1. The number of anilines is 1. The van der Waals surface area contributed by atoms with Gasteiger partial charge in [0, 0.05) is 16.8 Å². The van der Waals surface area contributed by atoms with Crippen LogP contribution >= 0.6 is 0 Å². The van der Waals surface area contributed by atoms with E-state index in [0.717, 1.165) is 18.2 Å². The van der Waals surface area contributed by atoms with E-state index in [1.807, 2.05) is 0 Å². The van der Waals surface area contributed by atoms with Crippen molar-refractivity contribution in [1.82, 2.24) is 4.98 Å². The number of carbonyl (C=O) groups excluding carboxylic acids is 1. The molecule has 10 heteroatoms. The maximum absolute atomic E-state index is 12.6. The van der Waals surface area contributed by atoms with Gasteiger partial charge in [0.25, 0.3) is 5.56 Å². The van der Waals surface area contributed by atoms with Crippen LogP contribution in [-0.2, 0) is 4.74 Å². The first-order valence-corrected chi connectivity index (χ1v) is 8.33. The normalized spacial score (nSPS) is 11.5. The monoisotopic (exact) mass is 409 g/mol. The number of nitrogens with zero attached hydrogens (tertiary/aromatic N) is 1. The number of pyridine rings is 1. The van der Waals surface area contributed by atoms with Crippen LogP contribution < -0.4 is 15.6 Å². The third-order valence-electron chi connectivity index (χ3n) is 3.43. The average molecular weight is 409 g/mol. The van der Waals surface area contributed by atoms with Gasteiger partial charge in [0.05, 0.1) is 5.69 Å². The van der Waals surface area contributed by atoms with Crippen molar-refractivity contribution in [3.8, 4) is 22.9 Å². The number of nitriles is 1. The molecule has 1 heterocycles. The molecule has 0 radical (unpaired) electrons. The highest BCUT2D eigenvalue weighted by Gasteiger charge is 2.31. The minimum absolute atomic E-state index is 0.0108. The Kier molecular flexibility index (Phi) is 5.92. The van der Waals surface area contributed by atoms with Gasteiger partial charge < -0.3 is 14.5 Å². The maximum atomic E-state index is 12.6. The molecule has 0 aliphatic carbocycles. The summed E-state index contributed by atoms with van der Waals surface area (Å²) >= 11 is 0. The van der Waals surface area contributed by atoms with E-state index in [4.69, 9.17) is 4.74 Å². The van der Waals surface area contributed by atoms with E-state index in [2.05, 4.69) is 15.0 Å². The van der Waals surface area contributed by atoms with E-state index < -0.39 is 29.4 Å². The Morgan fingerprint density at radius 1 is 1.17 bits per heavy atom. The molecular weight excluding hydrogens is 391 g/mol. The standard InChI is InChI=1S/C19H18F3N3O4/c1-10-7-12(14(9-23)16(26)24-10)13-8-11(28-19(20,21)22)5-6-15(13)25-17(27)29-18(2,3)4/h5-8H,1-4H3,(H,24,26)(H,25,27). The summed E-state index contributed by atoms with van der Waals surface area (Å²) in [4.78, 5) is 26.7. The number of nitrogens with one attached hydrogen (secondary N) is 2. The lowest BCUT2D eigenvalue weighted by Gasteiger charge is -2.21. The lowest BCUT2D eigenvalue weighted by atomic mass is 9.99. The first-order valence-electron chi connectivity index (χ1n) is 8.33. The van der Waals surface area contributed by atoms with Gasteiger partial charge in [-0.3, -0.25) is 10.1 Å². The van der Waals surface area contributed by atoms with Gasteiger partial charge >= 0.3 is 12.5 Å². The topological polar surface area (TPSA) is 104 Å². The number of rotatable bonds is 3. The van der Waals surface area contributed by atoms with Crippen LogP contribution in [0.25, 0.3) is 11.1 Å². The lowest BCUT2D eigenvalue weighted by Crippen LogP contribution is -2.27. The molecule has 0 bridgehead atoms. The molecule has 2 aromatic rings. The third kappa shape index (κ3) is 6.00. The predicted octanol–water partition coefficient (Wildman–Crippen LogP) is 4.47. The minimum atomic E-state index is -4.94. The van der Waals surface area contributed by atoms with Crippen molar-refractivity contribution in [2.75, 3.05) is 5.32 Å². The summed E-state index contributed by atoms with van der Waals surface area (Å²) in [7, 11) is 0. The minimum Gasteiger partial charge on any atom is -0.444 e. The van der Waals surface area contributed by atoms with Crippen molar-refractivity contribution in [2.45, 2.75) is 39.7 Å². The number of halogens is 3. The van der Waals surface area contributed by atoms with Crippen LogP contribution in [-0.4, -0.2) is 23.0 Å². The number of aromatic amines is 1. The Labute approximate surface area is 164 Å². The van der Waals surface area contributed by atoms with Gasteiger partial charge in [0.15, 0.2) is 0 Å². The second-order valence-corrected chi connectivity index (χ2v) is 7.06. The quantitative estimate of drug-likeness (QED) is 0.779. The zero-order valence-electron chi connectivity index (χ0n) is 16.0. The van der Waals surface area contributed by atoms with Crippen molar-refractivity contribution in [2.24, 2.45) is 0 Å². The predicted molar refractivity (Wildman–Crippen MR) is 98.5 cm³/mol. The Bertz CT molecular complexity index is 1030. The Hall–Kier alpha value is -3.48. The second kappa shape index (κ2) is 7.87. The number of hydrogen-bond acceptors (Lipinski definition) is 5. The van der Waals surface area contributed by atoms with Crippen LogP contribution in [0.3, 0.4) is 0 Å². The van der Waals surface area contributed by atoms with E-state index in [1.165, 1.54) is 6.07 Å². The van der Waals surface area contributed by atoms with Crippen molar-refractivity contribution in [3.63, 3.8) is 0 Å². The van der Waals surface area contributed by atoms with Gasteiger partial charge in [0.1, 0.15) is 23.0 Å². The van der Waals surface area contributed by atoms with Gasteiger partial charge in [-0.2, -0.15) is 5.26 Å². The maximum Gasteiger partial charge on any atom is 0.573 e. The number of amides is 1. The summed E-state index contributed by atoms with van der Waals surface area (Å²) in [5.74, 6) is -0.580. The number of H-pyrrole nitrogens is 1. The van der Waals surface area contributed by atoms with Gasteiger partial charge in [-0.15, -0.1) is 13.2 Å². The molecule has 0 saturated heterocycles. The van der Waals surface area contributed by atoms with Crippen molar-refractivity contribution in [1.29, 1.82) is 5.26 Å². The smallest absolute Gasteiger partial charge is 0.444 e. The molecule has 0 saturated carbocycles. The number of aromatic nitrogens is 1. The van der Waals surface area contributed by atoms with Crippen molar-refractivity contribution < 1.29 is 27.4 Å². The molecule has 0 spiro atoms. The van der Waals surface area contributed by atoms with Crippen LogP contribution in [0.4, 0.5) is 23.7 Å². The molecule has 0 fully saturated rings. The number of ether oxygens (including phenoxy) is 2. The van der Waals surface area contributed by atoms with Crippen LogP contribution in [0.5, 0.6) is 5.75 Å². The molecule has 0 unspecified atom stereocenters. The van der Waals surface area contributed by atoms with Crippen LogP contribution in [0.1, 0.15) is 32.0 Å². The summed E-state index contributed by atoms with van der Waals surface area (Å²) in [6.45, 7) is 6.47. The Morgan fingerprint density at radius 2 is 1.83 bits per heavy atom. The van der Waals surface area contributed by atoms with E-state index >= 15 is 0 Å². The highest BCUT2D eigenvalue weighted by atomic mass is 19.4. The Morgan fingerprint density at radius 3 is 2.38 bits per heavy atom. The highest BCUT2D eigenvalue weighted by molar-refractivity contribution is 5.93. The molecule has 1 amide bonds. The fourth-order valence-electron chi connectivity index (χ4n) is 2.48. The highest BCUT2D eigenvalue weighted by Crippen LogP contribution is 2.35. The summed E-state index contributed by atoms with van der Waals surface area (Å²) in [6.07, 6.45) is -5.80. The molecule has 0 aliphatic rings. The molecule has 7 nitrogen and oxygen atoms in total. The van der Waals surface area contributed by atoms with Crippen LogP contribution in [0.15, 0.2) is 29.1 Å². The van der Waals surface area contributed by atoms with Crippen molar-refractivity contribution in [3.05, 3.63) is 45.9 Å². The first-order chi connectivity index (χ1) is 13.3. The Balaban J connectivity index is 2.63. The number of carbonyl (C=O) groups is 1. The largest absolute Gasteiger partial charge is 0.573 e. The van der Waals surface area contributed by atoms with Gasteiger partial charge in [0.2, 0.25) is 0 Å². The number of alkyl halides is 3. The first kappa shape index (κ1) is 21.8. The molecule has 0 aliphatic heterocycles. The van der Waals surface area contributed by atoms with Crippen LogP contribution in [0.2, 0.25) is 0 Å². The zero-order valence-corrected chi connectivity index (χ0v) is 16.0. The van der Waals surface area contributed by atoms with Gasteiger partial charge in [-0.05, 0) is 52.0 Å². The van der Waals surface area contributed by atoms with E-state index in [-0.39, 0.29) is 22.4 Å². The SMILES string of the molecule is Cc1cc(-c2cc(OC(F)(F)F)ccc2NC(=O)OC(C)(C)C)c(C#N)c(=O)[nH]1. The molecule has 2 N–H and O–H groups in total. The summed E-state index contributed by atoms with van der Waals surface area (Å²) < 4.78 is 47.0. The van der Waals surface area contributed by atoms with E-state index in [0.29, 0.717) is 5.69 Å². The summed E-state index contributed by atoms with van der Waals surface area (Å²) in [5, 5.41) is 11.8. The van der Waals surface area contributed by atoms with E-state index in [1.54, 1.807) is 33.8 Å². The molecule has 154 valence electrons. The molecule has 0 atom stereocenters. The zero-order chi connectivity index (χ0) is 22.0. The average Bonchev–Trinajstić information content (AvgIpc) is 2.52. The molecule has 1 aromatic carbocycles. The summed E-state index contributed by atoms with van der Waals surface area (Å²) in [6, 6.07) is 6.28. The molecule has 29 heavy (non-hydrogen) atoms. The number of hydrogen-bond donors (Lipinski definition) is 2. The second-order valence-electron chi connectivity index (χ2n) is 7.06. The van der Waals surface area contributed by atoms with Crippen molar-refractivity contribution >= 4 is 11.8 Å². The molecule has 2 rings (SSSR count). The third-order valence-corrected chi connectivity index (χ3v) is 3.43. The van der Waals surface area contributed by atoms with Crippen LogP contribution in [0, 0.1) is 18.3 Å². The van der Waals surface area contributed by atoms with Gasteiger partial charge in [-0.25, -0.2) is 4.79 Å². The molecular formula is C19H18F3N3O4. The number of aryl methyl sites for hydroxylation is 1. The summed E-state index contributed by atoms with van der Waals surface area (Å²) in [5.41, 5.74) is -1.43. The fraction of sp³-hybridized carbons (Fsp3) is 0.316. The van der Waals surface area contributed by atoms with Gasteiger partial charge in [-0.1, -0.05) is 0 Å². The lowest BCUT2D eigenvalue weighted by molar-refractivity contribution is -0.274.